The number of rotatable bonds is 4. The number of nitrogens with zero attached hydrogens (tertiary/aromatic N) is 2. The molecule has 0 unspecified atom stereocenters. The molecule has 1 N–H and O–H groups in total. The summed E-state index contributed by atoms with van der Waals surface area (Å²) in [4.78, 5) is 42.2. The van der Waals surface area contributed by atoms with Crippen molar-refractivity contribution in [3.63, 3.8) is 0 Å². The molecule has 1 aliphatic carbocycles. The predicted molar refractivity (Wildman–Crippen MR) is 104 cm³/mol. The van der Waals surface area contributed by atoms with Gasteiger partial charge in [0.25, 0.3) is 0 Å². The average molecular weight is 407 g/mol. The monoisotopic (exact) mass is 407 g/mol. The largest absolute Gasteiger partial charge is 0.462 e. The number of fused-ring (bicyclic) bond motifs is 1. The van der Waals surface area contributed by atoms with E-state index in [1.54, 1.807) is 11.8 Å². The molecule has 1 saturated heterocycles. The number of urea groups is 1. The first-order valence-corrected chi connectivity index (χ1v) is 10.6. The number of thiophene rings is 1. The van der Waals surface area contributed by atoms with Gasteiger partial charge in [0.15, 0.2) is 0 Å². The van der Waals surface area contributed by atoms with Crippen LogP contribution in [0.4, 0.5) is 9.80 Å². The van der Waals surface area contributed by atoms with Crippen LogP contribution in [-0.4, -0.2) is 67.2 Å². The number of carbonyl (C=O) groups is 3. The smallest absolute Gasteiger partial charge is 0.341 e. The second kappa shape index (κ2) is 8.08. The predicted octanol–water partition coefficient (Wildman–Crippen LogP) is 2.08. The third-order valence-corrected chi connectivity index (χ3v) is 6.43. The van der Waals surface area contributed by atoms with Gasteiger partial charge in [-0.05, 0) is 31.7 Å². The Balaban J connectivity index is 1.57. The van der Waals surface area contributed by atoms with Gasteiger partial charge in [0.2, 0.25) is 5.91 Å². The summed E-state index contributed by atoms with van der Waals surface area (Å²) in [6, 6.07) is -0.238. The number of esters is 1. The van der Waals surface area contributed by atoms with E-state index in [-0.39, 0.29) is 24.5 Å². The summed E-state index contributed by atoms with van der Waals surface area (Å²) in [6.07, 6.45) is 2.55. The van der Waals surface area contributed by atoms with Crippen LogP contribution < -0.4 is 5.32 Å². The highest BCUT2D eigenvalue weighted by Crippen LogP contribution is 2.39. The molecule has 1 saturated carbocycles. The van der Waals surface area contributed by atoms with Gasteiger partial charge in [0, 0.05) is 30.4 Å². The van der Waals surface area contributed by atoms with Crippen LogP contribution in [0.25, 0.3) is 0 Å². The molecule has 0 radical (unpaired) electrons. The van der Waals surface area contributed by atoms with Crippen LogP contribution in [0.1, 0.15) is 40.6 Å². The molecule has 0 spiro atoms. The minimum absolute atomic E-state index is 0.173. The van der Waals surface area contributed by atoms with Gasteiger partial charge < -0.3 is 19.3 Å². The van der Waals surface area contributed by atoms with Crippen LogP contribution in [0.3, 0.4) is 0 Å². The molecule has 1 aromatic heterocycles. The fraction of sp³-hybridized carbons (Fsp3) is 0.632. The number of ether oxygens (including phenoxy) is 2. The summed E-state index contributed by atoms with van der Waals surface area (Å²) >= 11 is 1.38. The highest BCUT2D eigenvalue weighted by molar-refractivity contribution is 7.17. The first-order valence-electron chi connectivity index (χ1n) is 9.82. The van der Waals surface area contributed by atoms with Crippen molar-refractivity contribution < 1.29 is 23.9 Å². The molecule has 2 aliphatic heterocycles. The number of amides is 3. The molecular weight excluding hydrogens is 382 g/mol. The van der Waals surface area contributed by atoms with Crippen molar-refractivity contribution in [3.05, 3.63) is 16.0 Å². The van der Waals surface area contributed by atoms with E-state index in [0.29, 0.717) is 56.4 Å². The van der Waals surface area contributed by atoms with Crippen LogP contribution >= 0.6 is 11.3 Å². The second-order valence-corrected chi connectivity index (χ2v) is 8.35. The highest BCUT2D eigenvalue weighted by atomic mass is 32.1. The summed E-state index contributed by atoms with van der Waals surface area (Å²) in [5.41, 5.74) is 1.35. The van der Waals surface area contributed by atoms with E-state index in [1.807, 2.05) is 4.90 Å². The lowest BCUT2D eigenvalue weighted by Gasteiger charge is -2.27. The molecule has 4 rings (SSSR count). The van der Waals surface area contributed by atoms with Crippen LogP contribution in [0.2, 0.25) is 0 Å². The van der Waals surface area contributed by atoms with Gasteiger partial charge in [0.1, 0.15) is 5.00 Å². The van der Waals surface area contributed by atoms with E-state index in [0.717, 1.165) is 23.3 Å². The molecule has 3 heterocycles. The van der Waals surface area contributed by atoms with Crippen molar-refractivity contribution in [1.29, 1.82) is 0 Å². The van der Waals surface area contributed by atoms with Crippen molar-refractivity contribution in [2.45, 2.75) is 32.7 Å². The van der Waals surface area contributed by atoms with Crippen molar-refractivity contribution in [1.82, 2.24) is 9.80 Å². The molecule has 0 aromatic carbocycles. The van der Waals surface area contributed by atoms with Gasteiger partial charge in [-0.15, -0.1) is 11.3 Å². The maximum Gasteiger partial charge on any atom is 0.341 e. The Kier molecular flexibility index (Phi) is 5.54. The lowest BCUT2D eigenvalue weighted by atomic mass is 10.0. The van der Waals surface area contributed by atoms with E-state index in [9.17, 15) is 14.4 Å². The Morgan fingerprint density at radius 3 is 2.61 bits per heavy atom. The number of nitrogens with one attached hydrogen (secondary N) is 1. The van der Waals surface area contributed by atoms with Crippen molar-refractivity contribution >= 4 is 34.2 Å². The average Bonchev–Trinajstić information content (AvgIpc) is 3.49. The fourth-order valence-electron chi connectivity index (χ4n) is 3.63. The second-order valence-electron chi connectivity index (χ2n) is 7.24. The molecule has 3 amide bonds. The summed E-state index contributed by atoms with van der Waals surface area (Å²) in [5.74, 6) is -0.0404. The third-order valence-electron chi connectivity index (χ3n) is 5.29. The van der Waals surface area contributed by atoms with Gasteiger partial charge in [-0.25, -0.2) is 9.59 Å². The minimum atomic E-state index is -0.417. The highest BCUT2D eigenvalue weighted by Gasteiger charge is 2.37. The lowest BCUT2D eigenvalue weighted by molar-refractivity contribution is -0.133. The third kappa shape index (κ3) is 3.86. The zero-order chi connectivity index (χ0) is 19.7. The number of hydrogen-bond donors (Lipinski definition) is 1. The molecule has 28 heavy (non-hydrogen) atoms. The van der Waals surface area contributed by atoms with E-state index in [1.165, 1.54) is 11.3 Å². The summed E-state index contributed by atoms with van der Waals surface area (Å²) in [5, 5.41) is 3.42. The van der Waals surface area contributed by atoms with E-state index < -0.39 is 5.97 Å². The molecular formula is C19H25N3O5S. The van der Waals surface area contributed by atoms with Gasteiger partial charge >= 0.3 is 12.0 Å². The van der Waals surface area contributed by atoms with E-state index >= 15 is 0 Å². The van der Waals surface area contributed by atoms with Crippen molar-refractivity contribution in [2.24, 2.45) is 5.92 Å². The first kappa shape index (κ1) is 19.2. The van der Waals surface area contributed by atoms with Crippen LogP contribution in [0, 0.1) is 5.92 Å². The fourth-order valence-corrected chi connectivity index (χ4v) is 4.87. The molecule has 0 atom stereocenters. The van der Waals surface area contributed by atoms with Gasteiger partial charge in [-0.2, -0.15) is 0 Å². The quantitative estimate of drug-likeness (QED) is 0.772. The van der Waals surface area contributed by atoms with Gasteiger partial charge in [0.05, 0.1) is 31.9 Å². The van der Waals surface area contributed by atoms with Gasteiger partial charge in [-0.3, -0.25) is 10.1 Å². The zero-order valence-corrected chi connectivity index (χ0v) is 16.8. The molecule has 8 nitrogen and oxygen atoms in total. The topological polar surface area (TPSA) is 88.2 Å². The minimum Gasteiger partial charge on any atom is -0.462 e. The molecule has 3 aliphatic rings. The SMILES string of the molecule is CCOC(=O)c1c(NC(=O)N2CCOCC2)sc2c1CCN(C(=O)C1CC1)C2. The van der Waals surface area contributed by atoms with E-state index in [4.69, 9.17) is 9.47 Å². The van der Waals surface area contributed by atoms with Gasteiger partial charge in [-0.1, -0.05) is 0 Å². The van der Waals surface area contributed by atoms with Crippen LogP contribution in [-0.2, 0) is 27.2 Å². The lowest BCUT2D eigenvalue weighted by Crippen LogP contribution is -2.43. The molecule has 1 aromatic rings. The molecule has 152 valence electrons. The Labute approximate surface area is 167 Å². The maximum absolute atomic E-state index is 12.6. The van der Waals surface area contributed by atoms with Crippen molar-refractivity contribution in [3.8, 4) is 0 Å². The van der Waals surface area contributed by atoms with E-state index in [2.05, 4.69) is 5.32 Å². The Hall–Kier alpha value is -2.13. The number of hydrogen-bond acceptors (Lipinski definition) is 6. The summed E-state index contributed by atoms with van der Waals surface area (Å²) in [6.45, 7) is 5.20. The normalized spacial score (nSPS) is 19.2. The number of morpholine rings is 1. The molecule has 9 heteroatoms. The molecule has 2 fully saturated rings. The first-order chi connectivity index (χ1) is 13.6. The Bertz CT molecular complexity index is 783. The standard InChI is InChI=1S/C19H25N3O5S/c1-2-27-18(24)15-13-5-6-22(17(23)12-3-4-12)11-14(13)28-16(15)20-19(25)21-7-9-26-10-8-21/h12H,2-11H2,1H3,(H,20,25). The zero-order valence-electron chi connectivity index (χ0n) is 16.0. The van der Waals surface area contributed by atoms with Crippen LogP contribution in [0.5, 0.6) is 0 Å². The molecule has 0 bridgehead atoms. The summed E-state index contributed by atoms with van der Waals surface area (Å²) in [7, 11) is 0. The number of anilines is 1. The van der Waals surface area contributed by atoms with Crippen LogP contribution in [0.15, 0.2) is 0 Å². The Morgan fingerprint density at radius 2 is 1.93 bits per heavy atom. The Morgan fingerprint density at radius 1 is 1.18 bits per heavy atom. The number of carbonyl (C=O) groups excluding carboxylic acids is 3. The van der Waals surface area contributed by atoms with Crippen molar-refractivity contribution in [2.75, 3.05) is 44.8 Å². The maximum atomic E-state index is 12.6. The summed E-state index contributed by atoms with van der Waals surface area (Å²) < 4.78 is 10.5.